The Labute approximate surface area is 102 Å². The molecule has 4 heteroatoms. The lowest BCUT2D eigenvalue weighted by Gasteiger charge is -2.26. The summed E-state index contributed by atoms with van der Waals surface area (Å²) in [6.07, 6.45) is 0.979. The molecule has 1 aliphatic heterocycles. The molecule has 0 aromatic carbocycles. The first-order valence-corrected chi connectivity index (χ1v) is 6.19. The van der Waals surface area contributed by atoms with Crippen LogP contribution in [-0.2, 0) is 9.53 Å². The average Bonchev–Trinajstić information content (AvgIpc) is 2.51. The summed E-state index contributed by atoms with van der Waals surface area (Å²) in [6.45, 7) is 9.02. The van der Waals surface area contributed by atoms with E-state index >= 15 is 0 Å². The number of hydrogen-bond acceptors (Lipinski definition) is 3. The van der Waals surface area contributed by atoms with Crippen LogP contribution in [-0.4, -0.2) is 35.5 Å². The van der Waals surface area contributed by atoms with E-state index < -0.39 is 5.60 Å². The van der Waals surface area contributed by atoms with E-state index in [2.05, 4.69) is 6.92 Å². The van der Waals surface area contributed by atoms with Crippen LogP contribution >= 0.6 is 0 Å². The monoisotopic (exact) mass is 239 g/mol. The molecule has 0 unspecified atom stereocenters. The molecule has 96 valence electrons. The van der Waals surface area contributed by atoms with Gasteiger partial charge in [-0.25, -0.2) is 4.79 Å². The van der Waals surface area contributed by atoms with Gasteiger partial charge in [-0.2, -0.15) is 0 Å². The third-order valence-corrected chi connectivity index (χ3v) is 3.71. The molecule has 4 nitrogen and oxygen atoms in total. The van der Waals surface area contributed by atoms with Crippen molar-refractivity contribution >= 4 is 11.9 Å². The van der Waals surface area contributed by atoms with Crippen LogP contribution in [0.4, 0.5) is 4.79 Å². The van der Waals surface area contributed by atoms with Gasteiger partial charge in [-0.1, -0.05) is 6.92 Å². The molecule has 0 radical (unpaired) electrons. The van der Waals surface area contributed by atoms with Gasteiger partial charge in [0.1, 0.15) is 11.4 Å². The smallest absolute Gasteiger partial charge is 0.410 e. The molecule has 0 aromatic rings. The molecular formula is C13H21NO3. The summed E-state index contributed by atoms with van der Waals surface area (Å²) in [5.41, 5.74) is -0.473. The zero-order valence-electron chi connectivity index (χ0n) is 11.1. The third kappa shape index (κ3) is 2.45. The Morgan fingerprint density at radius 3 is 2.65 bits per heavy atom. The molecule has 2 fully saturated rings. The van der Waals surface area contributed by atoms with Gasteiger partial charge in [-0.3, -0.25) is 4.79 Å². The minimum atomic E-state index is -0.453. The molecule has 0 bridgehead atoms. The summed E-state index contributed by atoms with van der Waals surface area (Å²) >= 11 is 0. The molecular weight excluding hydrogens is 218 g/mol. The number of amides is 1. The number of hydrogen-bond donors (Lipinski definition) is 0. The Morgan fingerprint density at radius 2 is 2.12 bits per heavy atom. The number of ketones is 1. The van der Waals surface area contributed by atoms with Crippen LogP contribution in [0.25, 0.3) is 0 Å². The Morgan fingerprint density at radius 1 is 1.47 bits per heavy atom. The lowest BCUT2D eigenvalue weighted by Crippen LogP contribution is -2.36. The van der Waals surface area contributed by atoms with Gasteiger partial charge in [-0.05, 0) is 32.1 Å². The van der Waals surface area contributed by atoms with E-state index in [1.54, 1.807) is 4.90 Å². The zero-order chi connectivity index (χ0) is 12.8. The highest BCUT2D eigenvalue weighted by atomic mass is 16.6. The zero-order valence-corrected chi connectivity index (χ0v) is 11.1. The minimum absolute atomic E-state index is 0.0199. The second kappa shape index (κ2) is 3.72. The van der Waals surface area contributed by atoms with Crippen LogP contribution in [0.1, 0.15) is 40.5 Å². The normalized spacial score (nSPS) is 32.8. The van der Waals surface area contributed by atoms with E-state index in [1.807, 2.05) is 20.8 Å². The van der Waals surface area contributed by atoms with E-state index in [0.29, 0.717) is 37.6 Å². The number of nitrogens with zero attached hydrogens (tertiary/aromatic N) is 1. The summed E-state index contributed by atoms with van der Waals surface area (Å²) in [5.74, 6) is 0.656. The maximum atomic E-state index is 11.9. The quantitative estimate of drug-likeness (QED) is 0.651. The summed E-state index contributed by atoms with van der Waals surface area (Å²) in [5, 5.41) is 0. The predicted octanol–water partition coefficient (Wildman–Crippen LogP) is 2.22. The highest BCUT2D eigenvalue weighted by molar-refractivity contribution is 5.83. The molecule has 1 amide bonds. The second-order valence-electron chi connectivity index (χ2n) is 6.63. The number of ether oxygens (including phenoxy) is 1. The molecule has 2 aliphatic rings. The van der Waals surface area contributed by atoms with Gasteiger partial charge in [-0.15, -0.1) is 0 Å². The van der Waals surface area contributed by atoms with Crippen LogP contribution in [0.15, 0.2) is 0 Å². The fraction of sp³-hybridized carbons (Fsp3) is 0.846. The van der Waals surface area contributed by atoms with Gasteiger partial charge in [0.15, 0.2) is 0 Å². The molecule has 1 aliphatic carbocycles. The van der Waals surface area contributed by atoms with E-state index in [4.69, 9.17) is 4.74 Å². The molecule has 0 spiro atoms. The number of fused-ring (bicyclic) bond motifs is 1. The SMILES string of the molecule is CC(C)(C)OC(=O)N1C[C@@H]2CC(=O)C[C@]2(C)C1. The van der Waals surface area contributed by atoms with Crippen molar-refractivity contribution in [2.75, 3.05) is 13.1 Å². The second-order valence-corrected chi connectivity index (χ2v) is 6.63. The van der Waals surface area contributed by atoms with Crippen molar-refractivity contribution in [2.45, 2.75) is 46.1 Å². The first kappa shape index (κ1) is 12.4. The van der Waals surface area contributed by atoms with E-state index in [1.165, 1.54) is 0 Å². The average molecular weight is 239 g/mol. The molecule has 17 heavy (non-hydrogen) atoms. The fourth-order valence-electron chi connectivity index (χ4n) is 2.89. The summed E-state index contributed by atoms with van der Waals surface area (Å²) in [6, 6.07) is 0. The topological polar surface area (TPSA) is 46.6 Å². The first-order valence-electron chi connectivity index (χ1n) is 6.19. The van der Waals surface area contributed by atoms with Gasteiger partial charge >= 0.3 is 6.09 Å². The van der Waals surface area contributed by atoms with Crippen molar-refractivity contribution in [1.82, 2.24) is 4.90 Å². The van der Waals surface area contributed by atoms with Crippen molar-refractivity contribution in [3.63, 3.8) is 0 Å². The molecule has 0 N–H and O–H groups in total. The van der Waals surface area contributed by atoms with Crippen LogP contribution in [0, 0.1) is 11.3 Å². The van der Waals surface area contributed by atoms with Gasteiger partial charge < -0.3 is 9.64 Å². The van der Waals surface area contributed by atoms with Crippen LogP contribution in [0.3, 0.4) is 0 Å². The van der Waals surface area contributed by atoms with Gasteiger partial charge in [0.05, 0.1) is 0 Å². The Kier molecular flexibility index (Phi) is 2.71. The Balaban J connectivity index is 2.00. The number of carbonyl (C=O) groups is 2. The lowest BCUT2D eigenvalue weighted by atomic mass is 9.83. The standard InChI is InChI=1S/C13H21NO3/c1-12(2,3)17-11(16)14-7-9-5-10(15)6-13(9,4)8-14/h9H,5-8H2,1-4H3/t9-,13+/m0/s1. The summed E-state index contributed by atoms with van der Waals surface area (Å²) in [4.78, 5) is 25.1. The predicted molar refractivity (Wildman–Crippen MR) is 63.6 cm³/mol. The largest absolute Gasteiger partial charge is 0.444 e. The maximum Gasteiger partial charge on any atom is 0.410 e. The van der Waals surface area contributed by atoms with Gasteiger partial charge in [0, 0.05) is 25.9 Å². The number of likely N-dealkylation sites (tertiary alicyclic amines) is 1. The van der Waals surface area contributed by atoms with Crippen molar-refractivity contribution in [3.05, 3.63) is 0 Å². The van der Waals surface area contributed by atoms with Crippen molar-refractivity contribution in [1.29, 1.82) is 0 Å². The minimum Gasteiger partial charge on any atom is -0.444 e. The molecule has 1 saturated heterocycles. The highest BCUT2D eigenvalue weighted by Crippen LogP contribution is 2.46. The molecule has 1 heterocycles. The van der Waals surface area contributed by atoms with E-state index in [9.17, 15) is 9.59 Å². The van der Waals surface area contributed by atoms with Crippen LogP contribution in [0.2, 0.25) is 0 Å². The van der Waals surface area contributed by atoms with Crippen LogP contribution < -0.4 is 0 Å². The lowest BCUT2D eigenvalue weighted by molar-refractivity contribution is -0.118. The summed E-state index contributed by atoms with van der Waals surface area (Å²) < 4.78 is 5.36. The third-order valence-electron chi connectivity index (χ3n) is 3.71. The Hall–Kier alpha value is -1.06. The van der Waals surface area contributed by atoms with Gasteiger partial charge in [0.25, 0.3) is 0 Å². The van der Waals surface area contributed by atoms with Gasteiger partial charge in [0.2, 0.25) is 0 Å². The van der Waals surface area contributed by atoms with E-state index in [0.717, 1.165) is 0 Å². The molecule has 2 atom stereocenters. The van der Waals surface area contributed by atoms with Crippen molar-refractivity contribution in [2.24, 2.45) is 11.3 Å². The van der Waals surface area contributed by atoms with E-state index in [-0.39, 0.29) is 11.5 Å². The molecule has 2 rings (SSSR count). The molecule has 0 aromatic heterocycles. The van der Waals surface area contributed by atoms with Crippen molar-refractivity contribution < 1.29 is 14.3 Å². The molecule has 1 saturated carbocycles. The highest BCUT2D eigenvalue weighted by Gasteiger charge is 2.51. The Bertz CT molecular complexity index is 358. The fourth-order valence-corrected chi connectivity index (χ4v) is 2.89. The number of rotatable bonds is 0. The summed E-state index contributed by atoms with van der Waals surface area (Å²) in [7, 11) is 0. The maximum absolute atomic E-state index is 11.9. The number of carbonyl (C=O) groups excluding carboxylic acids is 2. The van der Waals surface area contributed by atoms with Crippen molar-refractivity contribution in [3.8, 4) is 0 Å². The number of Topliss-reactive ketones (excluding diaryl/α,β-unsaturated/α-hetero) is 1. The van der Waals surface area contributed by atoms with Crippen LogP contribution in [0.5, 0.6) is 0 Å². The first-order chi connectivity index (χ1) is 7.70.